The van der Waals surface area contributed by atoms with Crippen LogP contribution >= 0.6 is 0 Å². The molecule has 86 valence electrons. The van der Waals surface area contributed by atoms with E-state index in [1.165, 1.54) is 5.56 Å². The summed E-state index contributed by atoms with van der Waals surface area (Å²) in [5.74, 6) is 0.507. The average molecular weight is 220 g/mol. The monoisotopic (exact) mass is 220 g/mol. The molecule has 1 aliphatic carbocycles. The third-order valence-corrected chi connectivity index (χ3v) is 3.18. The maximum Gasteiger partial charge on any atom is 0.306 e. The zero-order valence-electron chi connectivity index (χ0n) is 9.35. The van der Waals surface area contributed by atoms with Crippen molar-refractivity contribution in [3.05, 3.63) is 29.8 Å². The van der Waals surface area contributed by atoms with Crippen LogP contribution in [0.4, 0.5) is 0 Å². The van der Waals surface area contributed by atoms with Gasteiger partial charge in [0.1, 0.15) is 5.75 Å². The van der Waals surface area contributed by atoms with Crippen LogP contribution in [0.25, 0.3) is 0 Å². The Morgan fingerprint density at radius 3 is 3.00 bits per heavy atom. The molecule has 1 fully saturated rings. The van der Waals surface area contributed by atoms with Gasteiger partial charge in [-0.3, -0.25) is 4.79 Å². The summed E-state index contributed by atoms with van der Waals surface area (Å²) in [6.07, 6.45) is 2.75. The topological polar surface area (TPSA) is 46.5 Å². The lowest BCUT2D eigenvalue weighted by Crippen LogP contribution is -2.00. The molecular weight excluding hydrogens is 204 g/mol. The first-order valence-electron chi connectivity index (χ1n) is 5.56. The van der Waals surface area contributed by atoms with E-state index >= 15 is 0 Å². The smallest absolute Gasteiger partial charge is 0.306 e. The molecule has 2 unspecified atom stereocenters. The van der Waals surface area contributed by atoms with E-state index in [4.69, 9.17) is 9.84 Å². The van der Waals surface area contributed by atoms with Gasteiger partial charge in [-0.2, -0.15) is 0 Å². The second-order valence-corrected chi connectivity index (χ2v) is 4.33. The van der Waals surface area contributed by atoms with Gasteiger partial charge >= 0.3 is 5.97 Å². The Kier molecular flexibility index (Phi) is 3.13. The van der Waals surface area contributed by atoms with E-state index in [-0.39, 0.29) is 5.92 Å². The summed E-state index contributed by atoms with van der Waals surface area (Å²) in [4.78, 5) is 10.7. The Hall–Kier alpha value is -1.51. The third-order valence-electron chi connectivity index (χ3n) is 3.18. The van der Waals surface area contributed by atoms with Gasteiger partial charge < -0.3 is 9.84 Å². The number of hydrogen-bond donors (Lipinski definition) is 1. The van der Waals surface area contributed by atoms with Gasteiger partial charge in [-0.25, -0.2) is 0 Å². The maximum atomic E-state index is 10.7. The minimum absolute atomic E-state index is 0.0920. The Balaban J connectivity index is 1.84. The van der Waals surface area contributed by atoms with Crippen molar-refractivity contribution in [3.8, 4) is 5.75 Å². The molecule has 1 saturated carbocycles. The maximum absolute atomic E-state index is 10.7. The van der Waals surface area contributed by atoms with Gasteiger partial charge in [-0.05, 0) is 42.9 Å². The summed E-state index contributed by atoms with van der Waals surface area (Å²) in [5, 5.41) is 8.78. The molecular formula is C13H16O3. The highest BCUT2D eigenvalue weighted by Gasteiger charge is 2.42. The SMILES string of the molecule is COc1cccc(CCC2CC2C(=O)O)c1. The molecule has 0 bridgehead atoms. The Morgan fingerprint density at radius 2 is 2.38 bits per heavy atom. The number of carbonyl (C=O) groups is 1. The van der Waals surface area contributed by atoms with E-state index in [0.717, 1.165) is 25.0 Å². The molecule has 0 aromatic heterocycles. The molecule has 2 atom stereocenters. The predicted octanol–water partition coefficient (Wildman–Crippen LogP) is 2.35. The fraction of sp³-hybridized carbons (Fsp3) is 0.462. The summed E-state index contributed by atoms with van der Waals surface area (Å²) in [5.41, 5.74) is 1.22. The lowest BCUT2D eigenvalue weighted by atomic mass is 10.1. The first-order valence-corrected chi connectivity index (χ1v) is 5.56. The Morgan fingerprint density at radius 1 is 1.56 bits per heavy atom. The van der Waals surface area contributed by atoms with Crippen LogP contribution < -0.4 is 4.74 Å². The number of rotatable bonds is 5. The van der Waals surface area contributed by atoms with Gasteiger partial charge in [0.05, 0.1) is 13.0 Å². The van der Waals surface area contributed by atoms with Crippen LogP contribution in [-0.4, -0.2) is 18.2 Å². The van der Waals surface area contributed by atoms with Crippen molar-refractivity contribution in [2.75, 3.05) is 7.11 Å². The van der Waals surface area contributed by atoms with Crippen LogP contribution in [0.3, 0.4) is 0 Å². The summed E-state index contributed by atoms with van der Waals surface area (Å²) in [7, 11) is 1.65. The van der Waals surface area contributed by atoms with E-state index in [0.29, 0.717) is 5.92 Å². The predicted molar refractivity (Wildman–Crippen MR) is 60.5 cm³/mol. The van der Waals surface area contributed by atoms with Crippen molar-refractivity contribution >= 4 is 5.97 Å². The quantitative estimate of drug-likeness (QED) is 0.828. The average Bonchev–Trinajstić information content (AvgIpc) is 3.06. The van der Waals surface area contributed by atoms with Crippen LogP contribution in [0.2, 0.25) is 0 Å². The van der Waals surface area contributed by atoms with Crippen LogP contribution in [0, 0.1) is 11.8 Å². The molecule has 0 saturated heterocycles. The highest BCUT2D eigenvalue weighted by molar-refractivity contribution is 5.73. The first kappa shape index (κ1) is 11.0. The van der Waals surface area contributed by atoms with E-state index in [9.17, 15) is 4.79 Å². The molecule has 0 amide bonds. The molecule has 3 nitrogen and oxygen atoms in total. The minimum Gasteiger partial charge on any atom is -0.497 e. The standard InChI is InChI=1S/C13H16O3/c1-16-11-4-2-3-9(7-11)5-6-10-8-12(10)13(14)15/h2-4,7,10,12H,5-6,8H2,1H3,(H,14,15). The molecule has 0 aliphatic heterocycles. The van der Waals surface area contributed by atoms with Crippen LogP contribution in [0.1, 0.15) is 18.4 Å². The summed E-state index contributed by atoms with van der Waals surface area (Å²) >= 11 is 0. The van der Waals surface area contributed by atoms with Gasteiger partial charge in [0.25, 0.3) is 0 Å². The van der Waals surface area contributed by atoms with Crippen molar-refractivity contribution in [2.24, 2.45) is 11.8 Å². The van der Waals surface area contributed by atoms with E-state index in [1.807, 2.05) is 18.2 Å². The van der Waals surface area contributed by atoms with Crippen molar-refractivity contribution in [3.63, 3.8) is 0 Å². The molecule has 0 heterocycles. The number of aryl methyl sites for hydroxylation is 1. The van der Waals surface area contributed by atoms with Crippen LogP contribution in [0.15, 0.2) is 24.3 Å². The van der Waals surface area contributed by atoms with E-state index < -0.39 is 5.97 Å². The van der Waals surface area contributed by atoms with Crippen molar-refractivity contribution in [1.82, 2.24) is 0 Å². The van der Waals surface area contributed by atoms with E-state index in [2.05, 4.69) is 6.07 Å². The first-order chi connectivity index (χ1) is 7.70. The molecule has 1 N–H and O–H groups in total. The molecule has 16 heavy (non-hydrogen) atoms. The minimum atomic E-state index is -0.643. The summed E-state index contributed by atoms with van der Waals surface area (Å²) in [6.45, 7) is 0. The second kappa shape index (κ2) is 4.56. The number of carboxylic acid groups (broad SMARTS) is 1. The molecule has 3 heteroatoms. The van der Waals surface area contributed by atoms with Crippen molar-refractivity contribution in [2.45, 2.75) is 19.3 Å². The lowest BCUT2D eigenvalue weighted by molar-refractivity contribution is -0.138. The van der Waals surface area contributed by atoms with Gasteiger partial charge in [0, 0.05) is 0 Å². The van der Waals surface area contributed by atoms with Gasteiger partial charge in [0.15, 0.2) is 0 Å². The third kappa shape index (κ3) is 2.54. The summed E-state index contributed by atoms with van der Waals surface area (Å²) < 4.78 is 5.14. The fourth-order valence-electron chi connectivity index (χ4n) is 2.05. The fourth-order valence-corrected chi connectivity index (χ4v) is 2.05. The normalized spacial score (nSPS) is 22.8. The number of benzene rings is 1. The lowest BCUT2D eigenvalue weighted by Gasteiger charge is -2.03. The molecule has 1 aromatic carbocycles. The van der Waals surface area contributed by atoms with E-state index in [1.54, 1.807) is 7.11 Å². The molecule has 2 rings (SSSR count). The Labute approximate surface area is 95.0 Å². The van der Waals surface area contributed by atoms with Gasteiger partial charge in [-0.15, -0.1) is 0 Å². The number of aliphatic carboxylic acids is 1. The largest absolute Gasteiger partial charge is 0.497 e. The zero-order valence-corrected chi connectivity index (χ0v) is 9.35. The molecule has 0 radical (unpaired) electrons. The molecule has 0 spiro atoms. The number of carboxylic acids is 1. The molecule has 1 aromatic rings. The van der Waals surface area contributed by atoms with Crippen LogP contribution in [0.5, 0.6) is 5.75 Å². The number of hydrogen-bond acceptors (Lipinski definition) is 2. The zero-order chi connectivity index (χ0) is 11.5. The van der Waals surface area contributed by atoms with Gasteiger partial charge in [0.2, 0.25) is 0 Å². The summed E-state index contributed by atoms with van der Waals surface area (Å²) in [6, 6.07) is 7.95. The molecule has 1 aliphatic rings. The van der Waals surface area contributed by atoms with Crippen molar-refractivity contribution < 1.29 is 14.6 Å². The van der Waals surface area contributed by atoms with Crippen molar-refractivity contribution in [1.29, 1.82) is 0 Å². The number of methoxy groups -OCH3 is 1. The van der Waals surface area contributed by atoms with Gasteiger partial charge in [-0.1, -0.05) is 12.1 Å². The number of ether oxygens (including phenoxy) is 1. The Bertz CT molecular complexity index is 387. The second-order valence-electron chi connectivity index (χ2n) is 4.33. The highest BCUT2D eigenvalue weighted by atomic mass is 16.5. The highest BCUT2D eigenvalue weighted by Crippen LogP contribution is 2.42. The van der Waals surface area contributed by atoms with Crippen LogP contribution in [-0.2, 0) is 11.2 Å².